The SMILES string of the molecule is CC(C)(C)c1nn(CCF)c(=O)o1. The van der Waals surface area contributed by atoms with Crippen LogP contribution in [-0.2, 0) is 12.0 Å². The number of hydrogen-bond donors (Lipinski definition) is 0. The topological polar surface area (TPSA) is 48.0 Å². The summed E-state index contributed by atoms with van der Waals surface area (Å²) in [6, 6.07) is 0. The van der Waals surface area contributed by atoms with Crippen molar-refractivity contribution in [2.24, 2.45) is 0 Å². The van der Waals surface area contributed by atoms with Gasteiger partial charge in [-0.05, 0) is 0 Å². The van der Waals surface area contributed by atoms with Gasteiger partial charge < -0.3 is 4.42 Å². The molecule has 1 aromatic heterocycles. The summed E-state index contributed by atoms with van der Waals surface area (Å²) in [6.45, 7) is 4.96. The van der Waals surface area contributed by atoms with Gasteiger partial charge in [-0.2, -0.15) is 4.68 Å². The smallest absolute Gasteiger partial charge is 0.392 e. The summed E-state index contributed by atoms with van der Waals surface area (Å²) >= 11 is 0. The van der Waals surface area contributed by atoms with Crippen LogP contribution in [0.15, 0.2) is 9.21 Å². The molecule has 4 nitrogen and oxygen atoms in total. The highest BCUT2D eigenvalue weighted by Gasteiger charge is 2.22. The molecule has 0 fully saturated rings. The molecule has 1 aromatic rings. The van der Waals surface area contributed by atoms with E-state index in [9.17, 15) is 9.18 Å². The fraction of sp³-hybridized carbons (Fsp3) is 0.750. The number of aryl methyl sites for hydroxylation is 1. The number of halogens is 1. The van der Waals surface area contributed by atoms with Crippen molar-refractivity contribution in [3.05, 3.63) is 16.4 Å². The van der Waals surface area contributed by atoms with Crippen LogP contribution in [0.5, 0.6) is 0 Å². The van der Waals surface area contributed by atoms with Gasteiger partial charge in [0.15, 0.2) is 0 Å². The van der Waals surface area contributed by atoms with E-state index in [1.165, 1.54) is 0 Å². The third-order valence-corrected chi connectivity index (χ3v) is 1.54. The first-order valence-electron chi connectivity index (χ1n) is 4.09. The largest absolute Gasteiger partial charge is 0.437 e. The lowest BCUT2D eigenvalue weighted by molar-refractivity contribution is 0.370. The minimum absolute atomic E-state index is 0.0432. The Balaban J connectivity index is 3.02. The van der Waals surface area contributed by atoms with E-state index in [0.29, 0.717) is 5.89 Å². The Morgan fingerprint density at radius 1 is 1.54 bits per heavy atom. The van der Waals surface area contributed by atoms with Gasteiger partial charge in [0.2, 0.25) is 5.89 Å². The first-order valence-corrected chi connectivity index (χ1v) is 4.09. The molecule has 0 saturated heterocycles. The zero-order valence-electron chi connectivity index (χ0n) is 8.00. The molecule has 1 heterocycles. The highest BCUT2D eigenvalue weighted by molar-refractivity contribution is 4.93. The van der Waals surface area contributed by atoms with Crippen LogP contribution in [0.3, 0.4) is 0 Å². The van der Waals surface area contributed by atoms with Gasteiger partial charge in [-0.1, -0.05) is 20.8 Å². The molecule has 0 atom stereocenters. The molecule has 0 spiro atoms. The van der Waals surface area contributed by atoms with E-state index in [0.717, 1.165) is 4.68 Å². The van der Waals surface area contributed by atoms with E-state index in [1.807, 2.05) is 20.8 Å². The molecule has 0 aliphatic carbocycles. The predicted molar refractivity (Wildman–Crippen MR) is 45.4 cm³/mol. The van der Waals surface area contributed by atoms with E-state index >= 15 is 0 Å². The molecule has 0 bridgehead atoms. The lowest BCUT2D eigenvalue weighted by atomic mass is 9.97. The molecule has 0 radical (unpaired) electrons. The summed E-state index contributed by atoms with van der Waals surface area (Å²) in [5, 5.41) is 3.87. The van der Waals surface area contributed by atoms with Gasteiger partial charge in [0.25, 0.3) is 0 Å². The summed E-state index contributed by atoms with van der Waals surface area (Å²) in [5.74, 6) is -0.256. The van der Waals surface area contributed by atoms with Gasteiger partial charge in [-0.25, -0.2) is 9.18 Å². The maximum Gasteiger partial charge on any atom is 0.437 e. The fourth-order valence-corrected chi connectivity index (χ4v) is 0.831. The summed E-state index contributed by atoms with van der Waals surface area (Å²) in [5.41, 5.74) is -0.319. The van der Waals surface area contributed by atoms with Crippen molar-refractivity contribution < 1.29 is 8.81 Å². The first-order chi connectivity index (χ1) is 5.95. The summed E-state index contributed by atoms with van der Waals surface area (Å²) in [7, 11) is 0. The highest BCUT2D eigenvalue weighted by Crippen LogP contribution is 2.17. The Kier molecular flexibility index (Phi) is 2.54. The maximum atomic E-state index is 11.9. The average molecular weight is 188 g/mol. The Hall–Kier alpha value is -1.13. The van der Waals surface area contributed by atoms with Crippen molar-refractivity contribution >= 4 is 0 Å². The number of hydrogen-bond acceptors (Lipinski definition) is 3. The minimum atomic E-state index is -0.615. The van der Waals surface area contributed by atoms with Gasteiger partial charge >= 0.3 is 5.76 Å². The number of alkyl halides is 1. The van der Waals surface area contributed by atoms with E-state index < -0.39 is 12.4 Å². The summed E-state index contributed by atoms with van der Waals surface area (Å²) < 4.78 is 17.8. The van der Waals surface area contributed by atoms with Gasteiger partial charge in [0.1, 0.15) is 6.67 Å². The van der Waals surface area contributed by atoms with E-state index in [2.05, 4.69) is 5.10 Å². The molecular weight excluding hydrogens is 175 g/mol. The zero-order valence-corrected chi connectivity index (χ0v) is 8.00. The second-order valence-corrected chi connectivity index (χ2v) is 3.84. The third-order valence-electron chi connectivity index (χ3n) is 1.54. The third kappa shape index (κ3) is 2.17. The predicted octanol–water partition coefficient (Wildman–Crippen LogP) is 1.10. The molecule has 0 unspecified atom stereocenters. The molecular formula is C8H13FN2O2. The molecule has 0 N–H and O–H groups in total. The monoisotopic (exact) mass is 188 g/mol. The highest BCUT2D eigenvalue weighted by atomic mass is 19.1. The van der Waals surface area contributed by atoms with Gasteiger partial charge in [-0.3, -0.25) is 0 Å². The first kappa shape index (κ1) is 9.95. The van der Waals surface area contributed by atoms with E-state index in [-0.39, 0.29) is 12.0 Å². The minimum Gasteiger partial charge on any atom is -0.392 e. The molecule has 0 saturated carbocycles. The van der Waals surface area contributed by atoms with E-state index in [4.69, 9.17) is 4.42 Å². The summed E-state index contributed by atoms with van der Waals surface area (Å²) in [4.78, 5) is 11.0. The standard InChI is InChI=1S/C8H13FN2O2/c1-8(2,3)6-10-11(5-4-9)7(12)13-6/h4-5H2,1-3H3. The number of aromatic nitrogens is 2. The van der Waals surface area contributed by atoms with Crippen molar-refractivity contribution in [3.63, 3.8) is 0 Å². The molecule has 0 amide bonds. The second kappa shape index (κ2) is 3.32. The van der Waals surface area contributed by atoms with Crippen LogP contribution in [-0.4, -0.2) is 16.5 Å². The average Bonchev–Trinajstić information content (AvgIpc) is 2.32. The quantitative estimate of drug-likeness (QED) is 0.698. The van der Waals surface area contributed by atoms with Crippen molar-refractivity contribution in [2.75, 3.05) is 6.67 Å². The van der Waals surface area contributed by atoms with Crippen LogP contribution in [0.4, 0.5) is 4.39 Å². The number of rotatable bonds is 2. The summed E-state index contributed by atoms with van der Waals surface area (Å²) in [6.07, 6.45) is 0. The van der Waals surface area contributed by atoms with Crippen LogP contribution in [0.2, 0.25) is 0 Å². The fourth-order valence-electron chi connectivity index (χ4n) is 0.831. The molecule has 0 aliphatic heterocycles. The van der Waals surface area contributed by atoms with Crippen LogP contribution in [0.25, 0.3) is 0 Å². The van der Waals surface area contributed by atoms with E-state index in [1.54, 1.807) is 0 Å². The van der Waals surface area contributed by atoms with Crippen molar-refractivity contribution in [1.82, 2.24) is 9.78 Å². The molecule has 0 aliphatic rings. The van der Waals surface area contributed by atoms with Crippen molar-refractivity contribution in [2.45, 2.75) is 32.7 Å². The molecule has 0 aromatic carbocycles. The van der Waals surface area contributed by atoms with Crippen LogP contribution in [0, 0.1) is 0 Å². The molecule has 13 heavy (non-hydrogen) atoms. The Labute approximate surface area is 75.4 Å². The Bertz CT molecular complexity index is 335. The second-order valence-electron chi connectivity index (χ2n) is 3.84. The zero-order chi connectivity index (χ0) is 10.1. The normalized spacial score (nSPS) is 12.0. The van der Waals surface area contributed by atoms with Crippen molar-refractivity contribution in [1.29, 1.82) is 0 Å². The van der Waals surface area contributed by atoms with Crippen LogP contribution < -0.4 is 5.76 Å². The van der Waals surface area contributed by atoms with Gasteiger partial charge in [-0.15, -0.1) is 5.10 Å². The lowest BCUT2D eigenvalue weighted by Crippen LogP contribution is -2.17. The van der Waals surface area contributed by atoms with Gasteiger partial charge in [0, 0.05) is 5.41 Å². The molecule has 1 rings (SSSR count). The Morgan fingerprint density at radius 3 is 2.54 bits per heavy atom. The van der Waals surface area contributed by atoms with Crippen LogP contribution >= 0.6 is 0 Å². The Morgan fingerprint density at radius 2 is 2.15 bits per heavy atom. The lowest BCUT2D eigenvalue weighted by Gasteiger charge is -2.10. The molecule has 5 heteroatoms. The van der Waals surface area contributed by atoms with Crippen LogP contribution in [0.1, 0.15) is 26.7 Å². The molecule has 74 valence electrons. The van der Waals surface area contributed by atoms with Crippen molar-refractivity contribution in [3.8, 4) is 0 Å². The van der Waals surface area contributed by atoms with Gasteiger partial charge in [0.05, 0.1) is 6.54 Å². The maximum absolute atomic E-state index is 11.9. The number of nitrogens with zero attached hydrogens (tertiary/aromatic N) is 2.